The molecule has 1 aliphatic carbocycles. The minimum absolute atomic E-state index is 0.169. The van der Waals surface area contributed by atoms with Gasteiger partial charge in [-0.2, -0.15) is 0 Å². The maximum absolute atomic E-state index is 12.1. The SMILES string of the molecule is CCOC(=O)CCCC=CCC(NCCC(O)C1CCCC1)C(=O)OCC. The van der Waals surface area contributed by atoms with Gasteiger partial charge in [0.05, 0.1) is 19.3 Å². The molecule has 2 N–H and O–H groups in total. The Morgan fingerprint density at radius 2 is 1.85 bits per heavy atom. The lowest BCUT2D eigenvalue weighted by Crippen LogP contribution is -2.39. The number of aliphatic hydroxyl groups is 1. The molecule has 0 radical (unpaired) electrons. The lowest BCUT2D eigenvalue weighted by atomic mass is 9.98. The Morgan fingerprint density at radius 1 is 1.15 bits per heavy atom. The zero-order valence-corrected chi connectivity index (χ0v) is 17.0. The summed E-state index contributed by atoms with van der Waals surface area (Å²) in [4.78, 5) is 23.4. The number of ether oxygens (including phenoxy) is 2. The molecule has 2 unspecified atom stereocenters. The smallest absolute Gasteiger partial charge is 0.323 e. The van der Waals surface area contributed by atoms with E-state index in [1.807, 2.05) is 12.2 Å². The molecule has 1 saturated carbocycles. The summed E-state index contributed by atoms with van der Waals surface area (Å²) in [6, 6.07) is -0.401. The number of rotatable bonds is 14. The molecule has 0 aromatic carbocycles. The fraction of sp³-hybridized carbons (Fsp3) is 0.810. The van der Waals surface area contributed by atoms with Crippen LogP contribution in [0.15, 0.2) is 12.2 Å². The van der Waals surface area contributed by atoms with Crippen molar-refractivity contribution in [1.82, 2.24) is 5.32 Å². The van der Waals surface area contributed by atoms with Gasteiger partial charge in [0.2, 0.25) is 0 Å². The van der Waals surface area contributed by atoms with Crippen LogP contribution in [0.1, 0.15) is 71.6 Å². The standard InChI is InChI=1S/C21H37NO5/c1-3-26-20(24)14-8-6-5-7-13-18(21(25)27-4-2)22-16-15-19(23)17-11-9-10-12-17/h5,7,17-19,22-23H,3-4,6,8-16H2,1-2H3. The van der Waals surface area contributed by atoms with Crippen LogP contribution in [0.3, 0.4) is 0 Å². The number of carbonyl (C=O) groups excluding carboxylic acids is 2. The number of esters is 2. The van der Waals surface area contributed by atoms with E-state index in [2.05, 4.69) is 5.32 Å². The van der Waals surface area contributed by atoms with Crippen molar-refractivity contribution in [2.24, 2.45) is 5.92 Å². The van der Waals surface area contributed by atoms with Crippen LogP contribution >= 0.6 is 0 Å². The number of hydrogen-bond acceptors (Lipinski definition) is 6. The fourth-order valence-corrected chi connectivity index (χ4v) is 3.44. The maximum atomic E-state index is 12.1. The minimum Gasteiger partial charge on any atom is -0.466 e. The summed E-state index contributed by atoms with van der Waals surface area (Å²) >= 11 is 0. The number of hydrogen-bond donors (Lipinski definition) is 2. The molecule has 0 saturated heterocycles. The maximum Gasteiger partial charge on any atom is 0.323 e. The summed E-state index contributed by atoms with van der Waals surface area (Å²) in [7, 11) is 0. The van der Waals surface area contributed by atoms with Gasteiger partial charge >= 0.3 is 11.9 Å². The van der Waals surface area contributed by atoms with Crippen LogP contribution in [0, 0.1) is 5.92 Å². The first kappa shape index (κ1) is 23.6. The van der Waals surface area contributed by atoms with E-state index in [0.717, 1.165) is 25.7 Å². The molecule has 1 aliphatic rings. The van der Waals surface area contributed by atoms with Crippen LogP contribution in [-0.4, -0.2) is 48.9 Å². The second kappa shape index (κ2) is 14.6. The van der Waals surface area contributed by atoms with Crippen molar-refractivity contribution in [2.45, 2.75) is 83.8 Å². The molecule has 2 atom stereocenters. The van der Waals surface area contributed by atoms with Crippen molar-refractivity contribution in [3.8, 4) is 0 Å². The average molecular weight is 384 g/mol. The fourth-order valence-electron chi connectivity index (χ4n) is 3.44. The molecule has 6 nitrogen and oxygen atoms in total. The number of aliphatic hydroxyl groups excluding tert-OH is 1. The Labute approximate surface area is 163 Å². The molecule has 27 heavy (non-hydrogen) atoms. The highest BCUT2D eigenvalue weighted by atomic mass is 16.5. The van der Waals surface area contributed by atoms with Gasteiger partial charge in [0.15, 0.2) is 0 Å². The number of unbranched alkanes of at least 4 members (excludes halogenated alkanes) is 1. The molecule has 0 aromatic rings. The van der Waals surface area contributed by atoms with Gasteiger partial charge < -0.3 is 19.9 Å². The highest BCUT2D eigenvalue weighted by Crippen LogP contribution is 2.28. The normalized spacial score (nSPS) is 17.1. The van der Waals surface area contributed by atoms with Crippen molar-refractivity contribution in [3.63, 3.8) is 0 Å². The van der Waals surface area contributed by atoms with Gasteiger partial charge in [0.1, 0.15) is 6.04 Å². The number of nitrogens with one attached hydrogen (secondary N) is 1. The van der Waals surface area contributed by atoms with E-state index < -0.39 is 6.04 Å². The predicted octanol–water partition coefficient (Wildman–Crippen LogP) is 3.13. The summed E-state index contributed by atoms with van der Waals surface area (Å²) in [5.41, 5.74) is 0. The van der Waals surface area contributed by atoms with Crippen molar-refractivity contribution in [3.05, 3.63) is 12.2 Å². The molecular weight excluding hydrogens is 346 g/mol. The highest BCUT2D eigenvalue weighted by molar-refractivity contribution is 5.76. The third-order valence-corrected chi connectivity index (χ3v) is 4.94. The van der Waals surface area contributed by atoms with Gasteiger partial charge in [0.25, 0.3) is 0 Å². The average Bonchev–Trinajstić information content (AvgIpc) is 3.18. The first-order valence-electron chi connectivity index (χ1n) is 10.5. The van der Waals surface area contributed by atoms with Crippen molar-refractivity contribution in [2.75, 3.05) is 19.8 Å². The van der Waals surface area contributed by atoms with Gasteiger partial charge in [-0.25, -0.2) is 0 Å². The lowest BCUT2D eigenvalue weighted by molar-refractivity contribution is -0.145. The van der Waals surface area contributed by atoms with E-state index in [9.17, 15) is 14.7 Å². The molecule has 0 aliphatic heterocycles. The Kier molecular flexibility index (Phi) is 12.8. The third kappa shape index (κ3) is 10.5. The van der Waals surface area contributed by atoms with Crippen molar-refractivity contribution in [1.29, 1.82) is 0 Å². The van der Waals surface area contributed by atoms with E-state index in [-0.39, 0.29) is 18.0 Å². The molecule has 0 aromatic heterocycles. The van der Waals surface area contributed by atoms with Crippen LogP contribution in [0.4, 0.5) is 0 Å². The molecule has 1 fully saturated rings. The summed E-state index contributed by atoms with van der Waals surface area (Å²) < 4.78 is 10.0. The van der Waals surface area contributed by atoms with E-state index in [1.165, 1.54) is 12.8 Å². The van der Waals surface area contributed by atoms with E-state index >= 15 is 0 Å². The Balaban J connectivity index is 2.30. The molecule has 156 valence electrons. The number of carbonyl (C=O) groups is 2. The summed E-state index contributed by atoms with van der Waals surface area (Å²) in [6.45, 7) is 4.96. The van der Waals surface area contributed by atoms with Crippen LogP contribution in [0.25, 0.3) is 0 Å². The number of allylic oxidation sites excluding steroid dienone is 1. The lowest BCUT2D eigenvalue weighted by Gasteiger charge is -2.20. The van der Waals surface area contributed by atoms with E-state index in [0.29, 0.717) is 44.9 Å². The Bertz CT molecular complexity index is 446. The Morgan fingerprint density at radius 3 is 2.52 bits per heavy atom. The largest absolute Gasteiger partial charge is 0.466 e. The minimum atomic E-state index is -0.401. The molecule has 0 amide bonds. The van der Waals surface area contributed by atoms with Crippen LogP contribution in [0.2, 0.25) is 0 Å². The molecule has 6 heteroatoms. The highest BCUT2D eigenvalue weighted by Gasteiger charge is 2.24. The third-order valence-electron chi connectivity index (χ3n) is 4.94. The van der Waals surface area contributed by atoms with Crippen LogP contribution < -0.4 is 5.32 Å². The van der Waals surface area contributed by atoms with Crippen LogP contribution in [-0.2, 0) is 19.1 Å². The van der Waals surface area contributed by atoms with Crippen LogP contribution in [0.5, 0.6) is 0 Å². The van der Waals surface area contributed by atoms with Crippen molar-refractivity contribution >= 4 is 11.9 Å². The van der Waals surface area contributed by atoms with Gasteiger partial charge in [0, 0.05) is 6.42 Å². The molecule has 1 rings (SSSR count). The second-order valence-electron chi connectivity index (χ2n) is 7.06. The summed E-state index contributed by atoms with van der Waals surface area (Å²) in [5.74, 6) is -0.0195. The molecule has 0 bridgehead atoms. The van der Waals surface area contributed by atoms with Crippen molar-refractivity contribution < 1.29 is 24.2 Å². The predicted molar refractivity (Wildman–Crippen MR) is 105 cm³/mol. The van der Waals surface area contributed by atoms with Gasteiger partial charge in [-0.1, -0.05) is 25.0 Å². The molecule has 0 spiro atoms. The molecular formula is C21H37NO5. The summed E-state index contributed by atoms with van der Waals surface area (Å²) in [5, 5.41) is 13.5. The van der Waals surface area contributed by atoms with E-state index in [4.69, 9.17) is 9.47 Å². The molecule has 0 heterocycles. The van der Waals surface area contributed by atoms with Gasteiger partial charge in [-0.05, 0) is 64.8 Å². The summed E-state index contributed by atoms with van der Waals surface area (Å²) in [6.07, 6.45) is 11.4. The van der Waals surface area contributed by atoms with E-state index in [1.54, 1.807) is 13.8 Å². The van der Waals surface area contributed by atoms with Gasteiger partial charge in [-0.3, -0.25) is 9.59 Å². The zero-order valence-electron chi connectivity index (χ0n) is 17.0. The van der Waals surface area contributed by atoms with Gasteiger partial charge in [-0.15, -0.1) is 0 Å². The monoisotopic (exact) mass is 383 g/mol. The first-order chi connectivity index (χ1) is 13.1. The first-order valence-corrected chi connectivity index (χ1v) is 10.5. The Hall–Kier alpha value is -1.40. The second-order valence-corrected chi connectivity index (χ2v) is 7.06. The zero-order chi connectivity index (χ0) is 19.9. The topological polar surface area (TPSA) is 84.9 Å². The quantitative estimate of drug-likeness (QED) is 0.272.